The maximum Gasteiger partial charge on any atom is 0.293 e. The number of amides is 1. The fraction of sp³-hybridized carbons (Fsp3) is 0.412. The van der Waals surface area contributed by atoms with Crippen LogP contribution in [0.1, 0.15) is 54.2 Å². The van der Waals surface area contributed by atoms with Gasteiger partial charge < -0.3 is 9.42 Å². The van der Waals surface area contributed by atoms with Crippen LogP contribution in [-0.2, 0) is 6.42 Å². The molecule has 1 aliphatic heterocycles. The Bertz CT molecular complexity index is 970. The van der Waals surface area contributed by atoms with Crippen LogP contribution in [-0.4, -0.2) is 37.1 Å². The molecule has 0 aromatic carbocycles. The van der Waals surface area contributed by atoms with Gasteiger partial charge in [-0.15, -0.1) is 0 Å². The van der Waals surface area contributed by atoms with Crippen LogP contribution >= 0.6 is 0 Å². The molecule has 0 saturated carbocycles. The Morgan fingerprint density at radius 3 is 3.08 bits per heavy atom. The van der Waals surface area contributed by atoms with Crippen LogP contribution in [0.5, 0.6) is 0 Å². The highest BCUT2D eigenvalue weighted by Gasteiger charge is 2.32. The van der Waals surface area contributed by atoms with Crippen molar-refractivity contribution in [1.82, 2.24) is 24.7 Å². The van der Waals surface area contributed by atoms with Crippen molar-refractivity contribution >= 4 is 11.6 Å². The number of hydrogen-bond acceptors (Lipinski definition) is 5. The number of carbonyl (C=O) groups excluding carboxylic acids is 1. The van der Waals surface area contributed by atoms with Gasteiger partial charge in [-0.3, -0.25) is 14.7 Å². The molecule has 3 aromatic rings. The minimum atomic E-state index is -0.232. The van der Waals surface area contributed by atoms with Gasteiger partial charge in [0.2, 0.25) is 5.76 Å². The van der Waals surface area contributed by atoms with E-state index in [1.165, 1.54) is 10.6 Å². The second-order valence-corrected chi connectivity index (χ2v) is 6.22. The van der Waals surface area contributed by atoms with E-state index >= 15 is 0 Å². The van der Waals surface area contributed by atoms with E-state index in [1.54, 1.807) is 23.2 Å². The molecule has 1 saturated heterocycles. The topological polar surface area (TPSA) is 96.5 Å². The number of nitrogens with one attached hydrogen (secondary N) is 1. The zero-order valence-electron chi connectivity index (χ0n) is 13.9. The van der Waals surface area contributed by atoms with Crippen LogP contribution in [0.2, 0.25) is 0 Å². The molecule has 0 bridgehead atoms. The summed E-state index contributed by atoms with van der Waals surface area (Å²) in [6.07, 6.45) is 5.05. The third-order valence-electron chi connectivity index (χ3n) is 4.64. The fourth-order valence-electron chi connectivity index (χ4n) is 3.32. The predicted molar refractivity (Wildman–Crippen MR) is 89.3 cm³/mol. The van der Waals surface area contributed by atoms with Crippen LogP contribution in [0.15, 0.2) is 33.7 Å². The number of aryl methyl sites for hydroxylation is 1. The summed E-state index contributed by atoms with van der Waals surface area (Å²) in [6.45, 7) is 2.57. The Labute approximate surface area is 143 Å². The first-order valence-electron chi connectivity index (χ1n) is 8.51. The number of fused-ring (bicyclic) bond motifs is 1. The average Bonchev–Trinajstić information content (AvgIpc) is 3.30. The van der Waals surface area contributed by atoms with Gasteiger partial charge in [0.05, 0.1) is 17.4 Å². The second kappa shape index (κ2) is 6.19. The number of hydrogen-bond donors (Lipinski definition) is 1. The number of aromatic nitrogens is 4. The van der Waals surface area contributed by atoms with Crippen LogP contribution in [0.3, 0.4) is 0 Å². The van der Waals surface area contributed by atoms with Crippen molar-refractivity contribution in [3.63, 3.8) is 0 Å². The minimum absolute atomic E-state index is 0.184. The molecule has 3 aromatic heterocycles. The second-order valence-electron chi connectivity index (χ2n) is 6.22. The highest BCUT2D eigenvalue weighted by Crippen LogP contribution is 2.31. The van der Waals surface area contributed by atoms with Crippen molar-refractivity contribution in [2.75, 3.05) is 6.54 Å². The van der Waals surface area contributed by atoms with E-state index in [4.69, 9.17) is 4.52 Å². The zero-order valence-corrected chi connectivity index (χ0v) is 13.9. The average molecular weight is 341 g/mol. The number of rotatable bonds is 3. The summed E-state index contributed by atoms with van der Waals surface area (Å²) in [6, 6.07) is 4.69. The van der Waals surface area contributed by atoms with Gasteiger partial charge in [-0.25, -0.2) is 9.50 Å². The fourth-order valence-corrected chi connectivity index (χ4v) is 3.32. The van der Waals surface area contributed by atoms with E-state index in [2.05, 4.69) is 15.2 Å². The first kappa shape index (κ1) is 15.6. The van der Waals surface area contributed by atoms with Gasteiger partial charge >= 0.3 is 0 Å². The summed E-state index contributed by atoms with van der Waals surface area (Å²) in [5.41, 5.74) is 1.74. The van der Waals surface area contributed by atoms with Crippen molar-refractivity contribution < 1.29 is 9.32 Å². The van der Waals surface area contributed by atoms with E-state index in [9.17, 15) is 9.59 Å². The summed E-state index contributed by atoms with van der Waals surface area (Å²) >= 11 is 0. The Morgan fingerprint density at radius 2 is 2.28 bits per heavy atom. The first-order chi connectivity index (χ1) is 12.2. The summed E-state index contributed by atoms with van der Waals surface area (Å²) in [7, 11) is 0. The molecule has 8 heteroatoms. The lowest BCUT2D eigenvalue weighted by Crippen LogP contribution is -2.39. The Morgan fingerprint density at radius 1 is 1.40 bits per heavy atom. The third-order valence-corrected chi connectivity index (χ3v) is 4.64. The van der Waals surface area contributed by atoms with E-state index in [-0.39, 0.29) is 23.3 Å². The highest BCUT2D eigenvalue weighted by atomic mass is 16.5. The smallest absolute Gasteiger partial charge is 0.293 e. The van der Waals surface area contributed by atoms with Crippen LogP contribution in [0, 0.1) is 0 Å². The van der Waals surface area contributed by atoms with Gasteiger partial charge in [0, 0.05) is 30.9 Å². The standard InChI is InChI=1S/C17H19N5O3/c1-2-11-9-14(25-20-11)17(24)21-8-4-3-5-13(21)12-10-16(23)22-15(19-12)6-7-18-22/h6-7,9-10,13,18H,2-5,8H2,1H3/t13-/m1/s1. The number of aromatic amines is 1. The molecule has 0 radical (unpaired) electrons. The van der Waals surface area contributed by atoms with Gasteiger partial charge in [0.25, 0.3) is 11.5 Å². The normalized spacial score (nSPS) is 18.0. The molecule has 1 atom stereocenters. The molecule has 0 aliphatic carbocycles. The lowest BCUT2D eigenvalue weighted by atomic mass is 9.98. The zero-order chi connectivity index (χ0) is 17.4. The van der Waals surface area contributed by atoms with Crippen molar-refractivity contribution in [3.8, 4) is 0 Å². The number of carbonyl (C=O) groups is 1. The van der Waals surface area contributed by atoms with Crippen LogP contribution in [0.4, 0.5) is 0 Å². The maximum atomic E-state index is 12.9. The molecular formula is C17H19N5O3. The van der Waals surface area contributed by atoms with Gasteiger partial charge in [-0.05, 0) is 25.7 Å². The number of H-pyrrole nitrogens is 1. The molecule has 8 nitrogen and oxygen atoms in total. The Balaban J connectivity index is 1.70. The largest absolute Gasteiger partial charge is 0.351 e. The van der Waals surface area contributed by atoms with Gasteiger partial charge in [-0.2, -0.15) is 0 Å². The summed E-state index contributed by atoms with van der Waals surface area (Å²) in [4.78, 5) is 31.4. The molecule has 1 N–H and O–H groups in total. The molecule has 1 fully saturated rings. The third kappa shape index (κ3) is 2.73. The molecule has 25 heavy (non-hydrogen) atoms. The van der Waals surface area contributed by atoms with E-state index < -0.39 is 0 Å². The molecular weight excluding hydrogens is 322 g/mol. The van der Waals surface area contributed by atoms with Crippen LogP contribution < -0.4 is 5.56 Å². The summed E-state index contributed by atoms with van der Waals surface area (Å²) in [5.74, 6) is 0.0381. The lowest BCUT2D eigenvalue weighted by molar-refractivity contribution is 0.0563. The molecule has 1 amide bonds. The van der Waals surface area contributed by atoms with E-state index in [0.29, 0.717) is 24.3 Å². The van der Waals surface area contributed by atoms with Gasteiger partial charge in [0.1, 0.15) is 0 Å². The van der Waals surface area contributed by atoms with Gasteiger partial charge in [0.15, 0.2) is 5.65 Å². The molecule has 1 aliphatic rings. The number of piperidine rings is 1. The Kier molecular flexibility index (Phi) is 3.87. The molecule has 130 valence electrons. The van der Waals surface area contributed by atoms with Gasteiger partial charge in [-0.1, -0.05) is 12.1 Å². The van der Waals surface area contributed by atoms with Crippen molar-refractivity contribution in [1.29, 1.82) is 0 Å². The predicted octanol–water partition coefficient (Wildman–Crippen LogP) is 1.94. The maximum absolute atomic E-state index is 12.9. The van der Waals surface area contributed by atoms with E-state index in [0.717, 1.165) is 25.0 Å². The van der Waals surface area contributed by atoms with E-state index in [1.807, 2.05) is 6.92 Å². The van der Waals surface area contributed by atoms with Crippen LogP contribution in [0.25, 0.3) is 5.65 Å². The van der Waals surface area contributed by atoms with Crippen molar-refractivity contribution in [3.05, 3.63) is 51.9 Å². The van der Waals surface area contributed by atoms with Crippen molar-refractivity contribution in [2.45, 2.75) is 38.6 Å². The minimum Gasteiger partial charge on any atom is -0.351 e. The molecule has 4 rings (SSSR count). The summed E-state index contributed by atoms with van der Waals surface area (Å²) < 4.78 is 6.58. The summed E-state index contributed by atoms with van der Waals surface area (Å²) in [5, 5.41) is 6.73. The molecule has 0 unspecified atom stereocenters. The quantitative estimate of drug-likeness (QED) is 0.785. The highest BCUT2D eigenvalue weighted by molar-refractivity contribution is 5.91. The molecule has 0 spiro atoms. The number of likely N-dealkylation sites (tertiary alicyclic amines) is 1. The number of nitrogens with zero attached hydrogens (tertiary/aromatic N) is 4. The first-order valence-corrected chi connectivity index (χ1v) is 8.51. The molecule has 4 heterocycles. The monoisotopic (exact) mass is 341 g/mol. The van der Waals surface area contributed by atoms with Crippen molar-refractivity contribution in [2.24, 2.45) is 0 Å². The SMILES string of the molecule is CCc1cc(C(=O)N2CCCC[C@@H]2c2cc(=O)n3[nH]ccc3n2)on1. The lowest BCUT2D eigenvalue weighted by Gasteiger charge is -2.34. The Hall–Kier alpha value is -2.90.